The van der Waals surface area contributed by atoms with Gasteiger partial charge in [0.15, 0.2) is 0 Å². The summed E-state index contributed by atoms with van der Waals surface area (Å²) in [5, 5.41) is 15.6. The minimum absolute atomic E-state index is 0. The zero-order chi connectivity index (χ0) is 6.57. The predicted octanol–water partition coefficient (Wildman–Crippen LogP) is -0.291. The Labute approximate surface area is 66.7 Å². The first-order valence-electron chi connectivity index (χ1n) is 1.77. The van der Waals surface area contributed by atoms with E-state index >= 15 is 0 Å². The molecule has 49 valence electrons. The first-order valence-corrected chi connectivity index (χ1v) is 1.77. The van der Waals surface area contributed by atoms with Crippen LogP contribution in [-0.4, -0.2) is 22.2 Å². The predicted molar refractivity (Wildman–Crippen MR) is 24.4 cm³/mol. The van der Waals surface area contributed by atoms with E-state index in [9.17, 15) is 9.59 Å². The van der Waals surface area contributed by atoms with Gasteiger partial charge in [0.05, 0.1) is 0 Å². The van der Waals surface area contributed by atoms with Crippen molar-refractivity contribution >= 4 is 11.9 Å². The molecule has 0 aliphatic heterocycles. The zero-order valence-corrected chi connectivity index (χ0v) is 6.51. The van der Waals surface area contributed by atoms with Gasteiger partial charge < -0.3 is 10.2 Å². The van der Waals surface area contributed by atoms with Gasteiger partial charge in [-0.05, 0) is 0 Å². The normalized spacial score (nSPS) is 8.44. The van der Waals surface area contributed by atoms with E-state index in [-0.39, 0.29) is 22.4 Å². The van der Waals surface area contributed by atoms with E-state index in [0.717, 1.165) is 0 Å². The minimum Gasteiger partial charge on any atom is -0.478 e. The van der Waals surface area contributed by atoms with E-state index in [1.54, 1.807) is 0 Å². The standard InChI is InChI=1S/C4H4O4.Nb/c5-3(6)1-2-4(7)8;/h1-2H,(H,5,6)(H,7,8);. The molecule has 0 amide bonds. The smallest absolute Gasteiger partial charge is 0.328 e. The van der Waals surface area contributed by atoms with Crippen LogP contribution < -0.4 is 0 Å². The van der Waals surface area contributed by atoms with Crippen LogP contribution in [0.5, 0.6) is 0 Å². The van der Waals surface area contributed by atoms with Gasteiger partial charge in [0, 0.05) is 34.5 Å². The first-order chi connectivity index (χ1) is 3.63. The summed E-state index contributed by atoms with van der Waals surface area (Å²) in [4.78, 5) is 19.1. The first kappa shape index (κ1) is 11.2. The number of rotatable bonds is 2. The molecule has 5 heteroatoms. The SMILES string of the molecule is O=C(O)C=CC(=O)O.[Nb]. The van der Waals surface area contributed by atoms with E-state index in [4.69, 9.17) is 10.2 Å². The fraction of sp³-hybridized carbons (Fsp3) is 0. The van der Waals surface area contributed by atoms with Gasteiger partial charge >= 0.3 is 11.9 Å². The van der Waals surface area contributed by atoms with Gasteiger partial charge in [-0.2, -0.15) is 0 Å². The van der Waals surface area contributed by atoms with Crippen LogP contribution in [0.25, 0.3) is 0 Å². The maximum Gasteiger partial charge on any atom is 0.328 e. The van der Waals surface area contributed by atoms with Gasteiger partial charge in [0.1, 0.15) is 0 Å². The number of hydrogen-bond donors (Lipinski definition) is 2. The van der Waals surface area contributed by atoms with E-state index < -0.39 is 11.9 Å². The summed E-state index contributed by atoms with van der Waals surface area (Å²) < 4.78 is 0. The van der Waals surface area contributed by atoms with Crippen molar-refractivity contribution in [2.75, 3.05) is 0 Å². The summed E-state index contributed by atoms with van der Waals surface area (Å²) in [6.07, 6.45) is 1.12. The summed E-state index contributed by atoms with van der Waals surface area (Å²) in [6, 6.07) is 0. The Bertz CT molecular complexity index is 124. The Balaban J connectivity index is 0. The molecular formula is C4H4NbO4. The third-order valence-corrected chi connectivity index (χ3v) is 0.368. The molecular weight excluding hydrogens is 205 g/mol. The van der Waals surface area contributed by atoms with Crippen molar-refractivity contribution in [2.24, 2.45) is 0 Å². The van der Waals surface area contributed by atoms with Crippen LogP contribution in [0.1, 0.15) is 0 Å². The summed E-state index contributed by atoms with van der Waals surface area (Å²) in [6.45, 7) is 0. The molecule has 0 bridgehead atoms. The van der Waals surface area contributed by atoms with Crippen molar-refractivity contribution in [3.63, 3.8) is 0 Å². The Morgan fingerprint density at radius 1 is 1.00 bits per heavy atom. The van der Waals surface area contributed by atoms with Gasteiger partial charge in [0.25, 0.3) is 0 Å². The van der Waals surface area contributed by atoms with Crippen LogP contribution in [0.4, 0.5) is 0 Å². The Kier molecular flexibility index (Phi) is 6.94. The van der Waals surface area contributed by atoms with Crippen molar-refractivity contribution < 1.29 is 42.2 Å². The molecule has 0 spiro atoms. The average molecular weight is 209 g/mol. The monoisotopic (exact) mass is 209 g/mol. The zero-order valence-electron chi connectivity index (χ0n) is 4.31. The van der Waals surface area contributed by atoms with Crippen molar-refractivity contribution in [3.8, 4) is 0 Å². The maximum atomic E-state index is 9.55. The maximum absolute atomic E-state index is 9.55. The molecule has 0 aromatic rings. The van der Waals surface area contributed by atoms with Crippen LogP contribution in [0.2, 0.25) is 0 Å². The molecule has 0 rings (SSSR count). The Hall–Kier alpha value is -0.580. The van der Waals surface area contributed by atoms with Crippen molar-refractivity contribution in [3.05, 3.63) is 12.2 Å². The number of carboxylic acids is 2. The third-order valence-electron chi connectivity index (χ3n) is 0.368. The topological polar surface area (TPSA) is 74.6 Å². The van der Waals surface area contributed by atoms with Crippen LogP contribution in [-0.2, 0) is 32.0 Å². The molecule has 0 fully saturated rings. The molecule has 0 aliphatic carbocycles. The van der Waals surface area contributed by atoms with Crippen molar-refractivity contribution in [2.45, 2.75) is 0 Å². The van der Waals surface area contributed by atoms with Crippen LogP contribution in [0, 0.1) is 0 Å². The fourth-order valence-corrected chi connectivity index (χ4v) is 0.143. The van der Waals surface area contributed by atoms with Crippen molar-refractivity contribution in [1.82, 2.24) is 0 Å². The molecule has 0 aliphatic rings. The molecule has 4 nitrogen and oxygen atoms in total. The van der Waals surface area contributed by atoms with Gasteiger partial charge in [-0.15, -0.1) is 0 Å². The number of carboxylic acid groups (broad SMARTS) is 2. The van der Waals surface area contributed by atoms with E-state index in [1.165, 1.54) is 0 Å². The van der Waals surface area contributed by atoms with E-state index in [2.05, 4.69) is 0 Å². The average Bonchev–Trinajstić information content (AvgIpc) is 1.61. The summed E-state index contributed by atoms with van der Waals surface area (Å²) in [5.74, 6) is -2.51. The second kappa shape index (κ2) is 5.56. The van der Waals surface area contributed by atoms with Gasteiger partial charge in [0.2, 0.25) is 0 Å². The van der Waals surface area contributed by atoms with Crippen LogP contribution in [0.15, 0.2) is 12.2 Å². The largest absolute Gasteiger partial charge is 0.478 e. The van der Waals surface area contributed by atoms with Gasteiger partial charge in [-0.3, -0.25) is 0 Å². The molecule has 2 N–H and O–H groups in total. The van der Waals surface area contributed by atoms with Crippen LogP contribution in [0.3, 0.4) is 0 Å². The van der Waals surface area contributed by atoms with Crippen molar-refractivity contribution in [1.29, 1.82) is 0 Å². The summed E-state index contributed by atoms with van der Waals surface area (Å²) >= 11 is 0. The quantitative estimate of drug-likeness (QED) is 0.484. The number of aliphatic carboxylic acids is 2. The van der Waals surface area contributed by atoms with E-state index in [0.29, 0.717) is 12.2 Å². The molecule has 0 saturated heterocycles. The fourth-order valence-electron chi connectivity index (χ4n) is 0.143. The summed E-state index contributed by atoms with van der Waals surface area (Å²) in [7, 11) is 0. The molecule has 0 saturated carbocycles. The molecule has 0 aromatic heterocycles. The molecule has 9 heavy (non-hydrogen) atoms. The molecule has 1 radical (unpaired) electrons. The Morgan fingerprint density at radius 3 is 1.33 bits per heavy atom. The second-order valence-corrected chi connectivity index (χ2v) is 1.01. The Morgan fingerprint density at radius 2 is 1.22 bits per heavy atom. The van der Waals surface area contributed by atoms with Gasteiger partial charge in [-0.1, -0.05) is 0 Å². The molecule has 0 atom stereocenters. The molecule has 0 aromatic carbocycles. The number of carbonyl (C=O) groups is 2. The molecule has 0 heterocycles. The minimum atomic E-state index is -1.26. The number of hydrogen-bond acceptors (Lipinski definition) is 2. The molecule has 0 unspecified atom stereocenters. The third kappa shape index (κ3) is 11.2. The summed E-state index contributed by atoms with van der Waals surface area (Å²) in [5.41, 5.74) is 0. The van der Waals surface area contributed by atoms with Crippen LogP contribution >= 0.6 is 0 Å². The van der Waals surface area contributed by atoms with E-state index in [1.807, 2.05) is 0 Å². The second-order valence-electron chi connectivity index (χ2n) is 1.01. The van der Waals surface area contributed by atoms with Gasteiger partial charge in [-0.25, -0.2) is 9.59 Å².